The molecule has 1 aliphatic rings. The summed E-state index contributed by atoms with van der Waals surface area (Å²) < 4.78 is 37.3. The maximum absolute atomic E-state index is 12.4. The summed E-state index contributed by atoms with van der Waals surface area (Å²) >= 11 is 2.45. The molecular formula is C12H17F3N2S2. The molecule has 7 heteroatoms. The van der Waals surface area contributed by atoms with Crippen molar-refractivity contribution in [2.24, 2.45) is 5.73 Å². The molecule has 2 rings (SSSR count). The van der Waals surface area contributed by atoms with Gasteiger partial charge in [0.2, 0.25) is 0 Å². The molecule has 1 heterocycles. The van der Waals surface area contributed by atoms with Crippen LogP contribution in [0.5, 0.6) is 0 Å². The Balaban J connectivity index is 1.85. The molecule has 0 aromatic carbocycles. The molecule has 1 aromatic rings. The van der Waals surface area contributed by atoms with Crippen molar-refractivity contribution in [3.8, 4) is 0 Å². The second kappa shape index (κ2) is 6.45. The topological polar surface area (TPSA) is 38.9 Å². The lowest BCUT2D eigenvalue weighted by Crippen LogP contribution is -2.16. The Labute approximate surface area is 119 Å². The van der Waals surface area contributed by atoms with Crippen LogP contribution >= 0.6 is 23.1 Å². The number of aromatic nitrogens is 1. The Morgan fingerprint density at radius 1 is 1.37 bits per heavy atom. The third-order valence-corrected chi connectivity index (χ3v) is 5.86. The summed E-state index contributed by atoms with van der Waals surface area (Å²) in [4.78, 5) is 3.93. The lowest BCUT2D eigenvalue weighted by molar-refractivity contribution is -0.137. The van der Waals surface area contributed by atoms with Crippen LogP contribution in [0.4, 0.5) is 13.2 Å². The minimum atomic E-state index is -4.36. The fourth-order valence-corrected chi connectivity index (χ4v) is 4.36. The first-order valence-electron chi connectivity index (χ1n) is 6.37. The quantitative estimate of drug-likeness (QED) is 0.904. The number of thioether (sulfide) groups is 1. The van der Waals surface area contributed by atoms with Crippen LogP contribution < -0.4 is 5.73 Å². The fraction of sp³-hybridized carbons (Fsp3) is 0.750. The van der Waals surface area contributed by atoms with Crippen molar-refractivity contribution in [2.75, 3.05) is 5.75 Å². The maximum Gasteiger partial charge on any atom is 0.443 e. The van der Waals surface area contributed by atoms with Gasteiger partial charge in [0, 0.05) is 28.1 Å². The molecule has 2 nitrogen and oxygen atoms in total. The second-order valence-electron chi connectivity index (χ2n) is 4.77. The molecule has 0 amide bonds. The molecule has 0 saturated heterocycles. The van der Waals surface area contributed by atoms with Gasteiger partial charge in [-0.2, -0.15) is 24.9 Å². The highest BCUT2D eigenvalue weighted by Gasteiger charge is 2.35. The van der Waals surface area contributed by atoms with E-state index in [4.69, 9.17) is 5.73 Å². The van der Waals surface area contributed by atoms with E-state index in [0.717, 1.165) is 0 Å². The Hall–Kier alpha value is -0.270. The number of alkyl halides is 3. The summed E-state index contributed by atoms with van der Waals surface area (Å²) in [6, 6.07) is -0.347. The SMILES string of the molecule is NC(CSC1CCCCC1)c1cnc(C(F)(F)F)s1. The van der Waals surface area contributed by atoms with Crippen LogP contribution in [0.2, 0.25) is 0 Å². The standard InChI is InChI=1S/C12H17F3N2S2/c13-12(14,15)11-17-6-10(19-11)9(16)7-18-8-4-2-1-3-5-8/h6,8-9H,1-5,7,16H2. The Bertz CT molecular complexity index is 400. The van der Waals surface area contributed by atoms with Crippen molar-refractivity contribution in [1.82, 2.24) is 4.98 Å². The lowest BCUT2D eigenvalue weighted by Gasteiger charge is -2.22. The molecule has 0 aliphatic heterocycles. The molecule has 1 aliphatic carbocycles. The maximum atomic E-state index is 12.4. The average molecular weight is 310 g/mol. The molecule has 1 aromatic heterocycles. The van der Waals surface area contributed by atoms with E-state index >= 15 is 0 Å². The first-order chi connectivity index (χ1) is 8.97. The third kappa shape index (κ3) is 4.36. The van der Waals surface area contributed by atoms with Gasteiger partial charge in [0.25, 0.3) is 0 Å². The van der Waals surface area contributed by atoms with Crippen LogP contribution in [-0.2, 0) is 6.18 Å². The van der Waals surface area contributed by atoms with E-state index in [1.807, 2.05) is 0 Å². The molecule has 2 N–H and O–H groups in total. The van der Waals surface area contributed by atoms with Gasteiger partial charge in [-0.3, -0.25) is 0 Å². The zero-order valence-electron chi connectivity index (χ0n) is 10.4. The minimum absolute atomic E-state index is 0.347. The highest BCUT2D eigenvalue weighted by atomic mass is 32.2. The monoisotopic (exact) mass is 310 g/mol. The van der Waals surface area contributed by atoms with Crippen LogP contribution in [0.15, 0.2) is 6.20 Å². The molecular weight excluding hydrogens is 293 g/mol. The molecule has 1 unspecified atom stereocenters. The van der Waals surface area contributed by atoms with Gasteiger partial charge in [-0.25, -0.2) is 4.98 Å². The highest BCUT2D eigenvalue weighted by Crippen LogP contribution is 2.35. The molecule has 1 saturated carbocycles. The Morgan fingerprint density at radius 2 is 2.05 bits per heavy atom. The van der Waals surface area contributed by atoms with Gasteiger partial charge in [0.1, 0.15) is 0 Å². The normalized spacial score (nSPS) is 19.6. The number of hydrogen-bond donors (Lipinski definition) is 1. The summed E-state index contributed by atoms with van der Waals surface area (Å²) in [5.41, 5.74) is 5.95. The van der Waals surface area contributed by atoms with Crippen molar-refractivity contribution in [3.05, 3.63) is 16.1 Å². The number of rotatable bonds is 4. The van der Waals surface area contributed by atoms with E-state index in [1.54, 1.807) is 11.8 Å². The predicted octanol–water partition coefficient (Wildman–Crippen LogP) is 4.23. The highest BCUT2D eigenvalue weighted by molar-refractivity contribution is 7.99. The Morgan fingerprint density at radius 3 is 2.63 bits per heavy atom. The van der Waals surface area contributed by atoms with Crippen molar-refractivity contribution in [3.63, 3.8) is 0 Å². The van der Waals surface area contributed by atoms with Crippen LogP contribution in [-0.4, -0.2) is 16.0 Å². The first kappa shape index (κ1) is 15.1. The fourth-order valence-electron chi connectivity index (χ4n) is 2.14. The van der Waals surface area contributed by atoms with Crippen molar-refractivity contribution < 1.29 is 13.2 Å². The van der Waals surface area contributed by atoms with Gasteiger partial charge in [-0.1, -0.05) is 19.3 Å². The zero-order chi connectivity index (χ0) is 13.9. The third-order valence-electron chi connectivity index (χ3n) is 3.20. The van der Waals surface area contributed by atoms with Gasteiger partial charge in [0.15, 0.2) is 5.01 Å². The van der Waals surface area contributed by atoms with Crippen LogP contribution in [0.25, 0.3) is 0 Å². The van der Waals surface area contributed by atoms with E-state index in [2.05, 4.69) is 4.98 Å². The smallest absolute Gasteiger partial charge is 0.323 e. The summed E-state index contributed by atoms with van der Waals surface area (Å²) in [5.74, 6) is 0.671. The molecule has 1 atom stereocenters. The number of halogens is 3. The first-order valence-corrected chi connectivity index (χ1v) is 8.23. The van der Waals surface area contributed by atoms with Gasteiger partial charge in [0.05, 0.1) is 0 Å². The van der Waals surface area contributed by atoms with Gasteiger partial charge in [-0.15, -0.1) is 11.3 Å². The van der Waals surface area contributed by atoms with Gasteiger partial charge >= 0.3 is 6.18 Å². The zero-order valence-corrected chi connectivity index (χ0v) is 12.1. The van der Waals surface area contributed by atoms with E-state index in [9.17, 15) is 13.2 Å². The molecule has 0 spiro atoms. The summed E-state index contributed by atoms with van der Waals surface area (Å²) in [7, 11) is 0. The number of nitrogens with zero attached hydrogens (tertiary/aromatic N) is 1. The molecule has 0 radical (unpaired) electrons. The average Bonchev–Trinajstić information content (AvgIpc) is 2.87. The van der Waals surface area contributed by atoms with Crippen molar-refractivity contribution in [1.29, 1.82) is 0 Å². The van der Waals surface area contributed by atoms with Crippen LogP contribution in [0, 0.1) is 0 Å². The van der Waals surface area contributed by atoms with Crippen LogP contribution in [0.1, 0.15) is 48.0 Å². The number of thiazole rings is 1. The van der Waals surface area contributed by atoms with E-state index in [0.29, 0.717) is 27.2 Å². The molecule has 1 fully saturated rings. The Kier molecular flexibility index (Phi) is 5.14. The number of nitrogens with two attached hydrogens (primary N) is 1. The summed E-state index contributed by atoms with van der Waals surface area (Å²) in [5, 5.41) is -0.185. The molecule has 108 valence electrons. The van der Waals surface area contributed by atoms with Crippen LogP contribution in [0.3, 0.4) is 0 Å². The largest absolute Gasteiger partial charge is 0.443 e. The molecule has 0 bridgehead atoms. The minimum Gasteiger partial charge on any atom is -0.323 e. The second-order valence-corrected chi connectivity index (χ2v) is 7.16. The van der Waals surface area contributed by atoms with Gasteiger partial charge < -0.3 is 5.73 Å². The lowest BCUT2D eigenvalue weighted by atomic mass is 10.0. The van der Waals surface area contributed by atoms with E-state index < -0.39 is 11.2 Å². The van der Waals surface area contributed by atoms with E-state index in [-0.39, 0.29) is 6.04 Å². The summed E-state index contributed by atoms with van der Waals surface area (Å²) in [6.07, 6.45) is 3.12. The predicted molar refractivity (Wildman–Crippen MR) is 73.4 cm³/mol. The van der Waals surface area contributed by atoms with Gasteiger partial charge in [-0.05, 0) is 12.8 Å². The van der Waals surface area contributed by atoms with Crippen molar-refractivity contribution >= 4 is 23.1 Å². The van der Waals surface area contributed by atoms with E-state index in [1.165, 1.54) is 38.3 Å². The number of hydrogen-bond acceptors (Lipinski definition) is 4. The van der Waals surface area contributed by atoms with Crippen molar-refractivity contribution in [2.45, 2.75) is 49.6 Å². The molecule has 19 heavy (non-hydrogen) atoms. The summed E-state index contributed by atoms with van der Waals surface area (Å²) in [6.45, 7) is 0.